The Bertz CT molecular complexity index is 1170. The third kappa shape index (κ3) is 4.62. The summed E-state index contributed by atoms with van der Waals surface area (Å²) in [7, 11) is -1.41. The highest BCUT2D eigenvalue weighted by Gasteiger charge is 2.50. The van der Waals surface area contributed by atoms with Crippen LogP contribution in [0.15, 0.2) is 53.4 Å². The highest BCUT2D eigenvalue weighted by molar-refractivity contribution is 7.89. The molecule has 1 fully saturated rings. The molecule has 1 aliphatic rings. The standard InChI is InChI=1S/C23H26N2O7S/c1-23(2,3)25(33(29,30)18-12-10-17(31-4)11-13-18)19-14-20(26)24(21(19)27)16-8-6-15(7-9-16)22(28)32-5/h6-13,19H,14H2,1-5H3. The molecule has 176 valence electrons. The van der Waals surface area contributed by atoms with Gasteiger partial charge in [0.1, 0.15) is 11.8 Å². The van der Waals surface area contributed by atoms with Crippen molar-refractivity contribution in [2.45, 2.75) is 43.7 Å². The summed E-state index contributed by atoms with van der Waals surface area (Å²) in [5.41, 5.74) is -0.490. The number of hydrogen-bond acceptors (Lipinski definition) is 7. The lowest BCUT2D eigenvalue weighted by Crippen LogP contribution is -2.54. The summed E-state index contributed by atoms with van der Waals surface area (Å²) in [5, 5.41) is 0. The van der Waals surface area contributed by atoms with Gasteiger partial charge in [-0.1, -0.05) is 0 Å². The summed E-state index contributed by atoms with van der Waals surface area (Å²) in [6.07, 6.45) is -0.301. The fraction of sp³-hybridized carbons (Fsp3) is 0.348. The number of rotatable bonds is 6. The molecule has 9 nitrogen and oxygen atoms in total. The van der Waals surface area contributed by atoms with Gasteiger partial charge in [0.2, 0.25) is 15.9 Å². The summed E-state index contributed by atoms with van der Waals surface area (Å²) in [4.78, 5) is 38.8. The van der Waals surface area contributed by atoms with Gasteiger partial charge in [-0.3, -0.25) is 9.59 Å². The van der Waals surface area contributed by atoms with Crippen molar-refractivity contribution in [3.8, 4) is 5.75 Å². The lowest BCUT2D eigenvalue weighted by atomic mass is 10.1. The van der Waals surface area contributed by atoms with Crippen LogP contribution >= 0.6 is 0 Å². The second-order valence-electron chi connectivity index (χ2n) is 8.47. The van der Waals surface area contributed by atoms with E-state index in [-0.39, 0.29) is 22.6 Å². The van der Waals surface area contributed by atoms with Gasteiger partial charge < -0.3 is 9.47 Å². The minimum Gasteiger partial charge on any atom is -0.497 e. The average Bonchev–Trinajstić information content (AvgIpc) is 3.05. The van der Waals surface area contributed by atoms with Gasteiger partial charge in [-0.25, -0.2) is 18.1 Å². The molecule has 0 radical (unpaired) electrons. The number of benzene rings is 2. The summed E-state index contributed by atoms with van der Waals surface area (Å²) in [5.74, 6) is -1.25. The number of methoxy groups -OCH3 is 2. The lowest BCUT2D eigenvalue weighted by Gasteiger charge is -2.37. The Morgan fingerprint density at radius 2 is 1.58 bits per heavy atom. The number of esters is 1. The quantitative estimate of drug-likeness (QED) is 0.467. The molecule has 0 aromatic heterocycles. The third-order valence-electron chi connectivity index (χ3n) is 5.23. The molecule has 0 N–H and O–H groups in total. The minimum atomic E-state index is -4.13. The molecule has 1 atom stereocenters. The number of anilines is 1. The van der Waals surface area contributed by atoms with E-state index in [1.165, 1.54) is 62.8 Å². The van der Waals surface area contributed by atoms with Gasteiger partial charge in [-0.15, -0.1) is 0 Å². The summed E-state index contributed by atoms with van der Waals surface area (Å²) >= 11 is 0. The number of ether oxygens (including phenoxy) is 2. The fourth-order valence-corrected chi connectivity index (χ4v) is 5.72. The van der Waals surface area contributed by atoms with Crippen LogP contribution in [0, 0.1) is 0 Å². The van der Waals surface area contributed by atoms with Crippen molar-refractivity contribution >= 4 is 33.5 Å². The lowest BCUT2D eigenvalue weighted by molar-refractivity contribution is -0.122. The molecule has 2 aromatic rings. The van der Waals surface area contributed by atoms with Crippen molar-refractivity contribution < 1.29 is 32.3 Å². The second kappa shape index (κ2) is 8.95. The predicted octanol–water partition coefficient (Wildman–Crippen LogP) is 2.60. The van der Waals surface area contributed by atoms with Gasteiger partial charge in [-0.2, -0.15) is 4.31 Å². The third-order valence-corrected chi connectivity index (χ3v) is 7.42. The van der Waals surface area contributed by atoms with Crippen LogP contribution in [-0.4, -0.2) is 56.3 Å². The summed E-state index contributed by atoms with van der Waals surface area (Å²) in [6.45, 7) is 5.00. The van der Waals surface area contributed by atoms with Crippen molar-refractivity contribution in [3.05, 3.63) is 54.1 Å². The molecule has 10 heteroatoms. The van der Waals surface area contributed by atoms with Crippen LogP contribution in [0.1, 0.15) is 37.6 Å². The molecule has 1 saturated heterocycles. The predicted molar refractivity (Wildman–Crippen MR) is 120 cm³/mol. The van der Waals surface area contributed by atoms with Gasteiger partial charge in [0, 0.05) is 5.54 Å². The zero-order valence-electron chi connectivity index (χ0n) is 19.1. The van der Waals surface area contributed by atoms with Crippen LogP contribution in [0.4, 0.5) is 5.69 Å². The topological polar surface area (TPSA) is 110 Å². The first kappa shape index (κ1) is 24.4. The first-order valence-electron chi connectivity index (χ1n) is 10.2. The van der Waals surface area contributed by atoms with Crippen LogP contribution in [0.25, 0.3) is 0 Å². The zero-order valence-corrected chi connectivity index (χ0v) is 19.9. The largest absolute Gasteiger partial charge is 0.497 e. The van der Waals surface area contributed by atoms with Crippen molar-refractivity contribution in [1.82, 2.24) is 4.31 Å². The van der Waals surface area contributed by atoms with Crippen molar-refractivity contribution in [2.75, 3.05) is 19.1 Å². The first-order chi connectivity index (χ1) is 15.4. The molecule has 1 aliphatic heterocycles. The maximum Gasteiger partial charge on any atom is 0.337 e. The Morgan fingerprint density at radius 3 is 2.06 bits per heavy atom. The van der Waals surface area contributed by atoms with Crippen LogP contribution in [-0.2, 0) is 24.3 Å². The maximum atomic E-state index is 13.6. The maximum absolute atomic E-state index is 13.6. The van der Waals surface area contributed by atoms with E-state index >= 15 is 0 Å². The van der Waals surface area contributed by atoms with Gasteiger partial charge in [0.05, 0.1) is 36.8 Å². The number of imide groups is 1. The van der Waals surface area contributed by atoms with E-state index in [1.54, 1.807) is 20.8 Å². The van der Waals surface area contributed by atoms with Crippen LogP contribution < -0.4 is 9.64 Å². The van der Waals surface area contributed by atoms with E-state index in [0.717, 1.165) is 9.21 Å². The average molecular weight is 475 g/mol. The zero-order chi connectivity index (χ0) is 24.6. The van der Waals surface area contributed by atoms with E-state index in [9.17, 15) is 22.8 Å². The normalized spacial score (nSPS) is 16.9. The molecule has 0 saturated carbocycles. The highest BCUT2D eigenvalue weighted by atomic mass is 32.2. The molecule has 33 heavy (non-hydrogen) atoms. The smallest absolute Gasteiger partial charge is 0.337 e. The molecule has 0 aliphatic carbocycles. The SMILES string of the molecule is COC(=O)c1ccc(N2C(=O)CC(N(C(C)(C)C)S(=O)(=O)c3ccc(OC)cc3)C2=O)cc1. The van der Waals surface area contributed by atoms with E-state index in [1.807, 2.05) is 0 Å². The van der Waals surface area contributed by atoms with Gasteiger partial charge in [-0.05, 0) is 69.3 Å². The Hall–Kier alpha value is -3.24. The number of sulfonamides is 1. The molecule has 0 bridgehead atoms. The summed E-state index contributed by atoms with van der Waals surface area (Å²) < 4.78 is 38.0. The molecule has 2 amide bonds. The summed E-state index contributed by atoms with van der Waals surface area (Å²) in [6, 6.07) is 10.4. The fourth-order valence-electron chi connectivity index (χ4n) is 3.79. The van der Waals surface area contributed by atoms with E-state index < -0.39 is 39.4 Å². The Labute approximate surface area is 192 Å². The van der Waals surface area contributed by atoms with Gasteiger partial charge >= 0.3 is 5.97 Å². The Balaban J connectivity index is 1.99. The van der Waals surface area contributed by atoms with Crippen LogP contribution in [0.3, 0.4) is 0 Å². The number of amides is 2. The molecule has 0 spiro atoms. The van der Waals surface area contributed by atoms with Crippen molar-refractivity contribution in [3.63, 3.8) is 0 Å². The molecule has 3 rings (SSSR count). The van der Waals surface area contributed by atoms with E-state index in [0.29, 0.717) is 5.75 Å². The Morgan fingerprint density at radius 1 is 1.00 bits per heavy atom. The highest BCUT2D eigenvalue weighted by Crippen LogP contribution is 2.34. The second-order valence-corrected chi connectivity index (χ2v) is 10.3. The van der Waals surface area contributed by atoms with Crippen molar-refractivity contribution in [1.29, 1.82) is 0 Å². The van der Waals surface area contributed by atoms with E-state index in [2.05, 4.69) is 4.74 Å². The Kier molecular flexibility index (Phi) is 6.62. The molecular weight excluding hydrogens is 448 g/mol. The number of hydrogen-bond donors (Lipinski definition) is 0. The molecule has 1 unspecified atom stereocenters. The molecule has 1 heterocycles. The van der Waals surface area contributed by atoms with E-state index in [4.69, 9.17) is 4.74 Å². The minimum absolute atomic E-state index is 0.0145. The van der Waals surface area contributed by atoms with Crippen LogP contribution in [0.5, 0.6) is 5.75 Å². The van der Waals surface area contributed by atoms with Gasteiger partial charge in [0.15, 0.2) is 0 Å². The van der Waals surface area contributed by atoms with Crippen molar-refractivity contribution in [2.24, 2.45) is 0 Å². The molecule has 2 aromatic carbocycles. The number of carbonyl (C=O) groups is 3. The molecular formula is C23H26N2O7S. The monoisotopic (exact) mass is 474 g/mol. The number of nitrogens with zero attached hydrogens (tertiary/aromatic N) is 2. The van der Waals surface area contributed by atoms with Gasteiger partial charge in [0.25, 0.3) is 5.91 Å². The van der Waals surface area contributed by atoms with Crippen LogP contribution in [0.2, 0.25) is 0 Å². The number of carbonyl (C=O) groups excluding carboxylic acids is 3. The first-order valence-corrected chi connectivity index (χ1v) is 11.6.